The standard InChI is InChI=1S/C14H17FN2O2S2/c1-20-12-4-2-11(3-5-12)17-21(18,19)13-6-7-14(15)10(8-13)9-16/h6-8,11-12,17H,2-5H2,1H3. The molecule has 1 aliphatic carbocycles. The van der Waals surface area contributed by atoms with Crippen molar-refractivity contribution in [1.29, 1.82) is 5.26 Å². The van der Waals surface area contributed by atoms with Gasteiger partial charge < -0.3 is 0 Å². The van der Waals surface area contributed by atoms with E-state index < -0.39 is 15.8 Å². The number of nitriles is 1. The summed E-state index contributed by atoms with van der Waals surface area (Å²) < 4.78 is 40.5. The van der Waals surface area contributed by atoms with Crippen LogP contribution in [-0.4, -0.2) is 26.0 Å². The lowest BCUT2D eigenvalue weighted by molar-refractivity contribution is 0.420. The Hall–Kier alpha value is -1.10. The van der Waals surface area contributed by atoms with Crippen LogP contribution in [0.1, 0.15) is 31.2 Å². The molecule has 1 aromatic carbocycles. The van der Waals surface area contributed by atoms with Crippen LogP contribution in [-0.2, 0) is 10.0 Å². The van der Waals surface area contributed by atoms with E-state index >= 15 is 0 Å². The van der Waals surface area contributed by atoms with E-state index in [1.165, 1.54) is 6.07 Å². The fourth-order valence-electron chi connectivity index (χ4n) is 2.46. The first-order valence-corrected chi connectivity index (χ1v) is 9.48. The largest absolute Gasteiger partial charge is 0.240 e. The molecule has 0 unspecified atom stereocenters. The molecule has 1 aromatic rings. The smallest absolute Gasteiger partial charge is 0.208 e. The summed E-state index contributed by atoms with van der Waals surface area (Å²) in [7, 11) is -3.71. The summed E-state index contributed by atoms with van der Waals surface area (Å²) in [4.78, 5) is -0.0626. The Kier molecular flexibility index (Phi) is 5.25. The molecule has 0 aromatic heterocycles. The van der Waals surface area contributed by atoms with Crippen LogP contribution >= 0.6 is 11.8 Å². The Morgan fingerprint density at radius 1 is 1.33 bits per heavy atom. The Morgan fingerprint density at radius 3 is 2.57 bits per heavy atom. The molecular formula is C14H17FN2O2S2. The molecule has 0 saturated heterocycles. The summed E-state index contributed by atoms with van der Waals surface area (Å²) in [5.74, 6) is -0.711. The molecule has 0 radical (unpaired) electrons. The zero-order chi connectivity index (χ0) is 15.5. The van der Waals surface area contributed by atoms with Gasteiger partial charge in [-0.2, -0.15) is 17.0 Å². The van der Waals surface area contributed by atoms with E-state index in [9.17, 15) is 12.8 Å². The van der Waals surface area contributed by atoms with Gasteiger partial charge in [0.1, 0.15) is 11.9 Å². The van der Waals surface area contributed by atoms with E-state index in [0.717, 1.165) is 37.8 Å². The summed E-state index contributed by atoms with van der Waals surface area (Å²) >= 11 is 1.81. The van der Waals surface area contributed by atoms with Gasteiger partial charge in [-0.15, -0.1) is 0 Å². The Bertz CT molecular complexity index is 647. The van der Waals surface area contributed by atoms with Gasteiger partial charge >= 0.3 is 0 Å². The van der Waals surface area contributed by atoms with Crippen LogP contribution in [0.4, 0.5) is 4.39 Å². The predicted octanol–water partition coefficient (Wildman–Crippen LogP) is 2.65. The van der Waals surface area contributed by atoms with Crippen molar-refractivity contribution in [3.05, 3.63) is 29.6 Å². The lowest BCUT2D eigenvalue weighted by atomic mass is 9.96. The lowest BCUT2D eigenvalue weighted by Gasteiger charge is -2.27. The first-order valence-electron chi connectivity index (χ1n) is 6.71. The number of rotatable bonds is 4. The second kappa shape index (κ2) is 6.77. The number of hydrogen-bond donors (Lipinski definition) is 1. The molecule has 0 spiro atoms. The third kappa shape index (κ3) is 3.96. The van der Waals surface area contributed by atoms with E-state index in [1.807, 2.05) is 11.8 Å². The summed E-state index contributed by atoms with van der Waals surface area (Å²) in [6, 6.07) is 4.84. The van der Waals surface area contributed by atoms with Crippen LogP contribution in [0.3, 0.4) is 0 Å². The molecular weight excluding hydrogens is 311 g/mol. The first kappa shape index (κ1) is 16.3. The predicted molar refractivity (Wildman–Crippen MR) is 81.0 cm³/mol. The zero-order valence-electron chi connectivity index (χ0n) is 11.7. The molecule has 1 N–H and O–H groups in total. The molecule has 21 heavy (non-hydrogen) atoms. The topological polar surface area (TPSA) is 70.0 Å². The maximum atomic E-state index is 13.3. The van der Waals surface area contributed by atoms with Crippen molar-refractivity contribution in [3.8, 4) is 6.07 Å². The lowest BCUT2D eigenvalue weighted by Crippen LogP contribution is -2.38. The first-order chi connectivity index (χ1) is 9.96. The molecule has 114 valence electrons. The van der Waals surface area contributed by atoms with E-state index in [0.29, 0.717) is 5.25 Å². The normalized spacial score (nSPS) is 22.7. The average molecular weight is 328 g/mol. The van der Waals surface area contributed by atoms with Gasteiger partial charge in [0.15, 0.2) is 0 Å². The molecule has 4 nitrogen and oxygen atoms in total. The number of thioether (sulfide) groups is 1. The van der Waals surface area contributed by atoms with Gasteiger partial charge in [-0.3, -0.25) is 0 Å². The summed E-state index contributed by atoms with van der Waals surface area (Å²) in [5, 5.41) is 9.38. The van der Waals surface area contributed by atoms with E-state index in [-0.39, 0.29) is 16.5 Å². The Labute approximate surface area is 128 Å². The van der Waals surface area contributed by atoms with Crippen molar-refractivity contribution in [1.82, 2.24) is 4.72 Å². The van der Waals surface area contributed by atoms with Crippen LogP contribution in [0.2, 0.25) is 0 Å². The van der Waals surface area contributed by atoms with Gasteiger partial charge in [0.05, 0.1) is 10.5 Å². The molecule has 0 heterocycles. The van der Waals surface area contributed by atoms with Crippen LogP contribution in [0.5, 0.6) is 0 Å². The zero-order valence-corrected chi connectivity index (χ0v) is 13.3. The number of nitrogens with one attached hydrogen (secondary N) is 1. The van der Waals surface area contributed by atoms with Crippen molar-refractivity contribution < 1.29 is 12.8 Å². The van der Waals surface area contributed by atoms with E-state index in [2.05, 4.69) is 11.0 Å². The minimum atomic E-state index is -3.71. The Morgan fingerprint density at radius 2 is 2.00 bits per heavy atom. The van der Waals surface area contributed by atoms with Gasteiger partial charge in [-0.25, -0.2) is 17.5 Å². The highest BCUT2D eigenvalue weighted by Crippen LogP contribution is 2.27. The highest BCUT2D eigenvalue weighted by molar-refractivity contribution is 7.99. The molecule has 0 aliphatic heterocycles. The summed E-state index contributed by atoms with van der Waals surface area (Å²) in [6.45, 7) is 0. The number of hydrogen-bond acceptors (Lipinski definition) is 4. The fourth-order valence-corrected chi connectivity index (χ4v) is 4.54. The maximum Gasteiger partial charge on any atom is 0.240 e. The van der Waals surface area contributed by atoms with Crippen LogP contribution in [0.15, 0.2) is 23.1 Å². The second-order valence-electron chi connectivity index (χ2n) is 5.08. The maximum absolute atomic E-state index is 13.3. The van der Waals surface area contributed by atoms with Gasteiger partial charge in [-0.05, 0) is 50.1 Å². The summed E-state index contributed by atoms with van der Waals surface area (Å²) in [6.07, 6.45) is 5.65. The molecule has 7 heteroatoms. The fraction of sp³-hybridized carbons (Fsp3) is 0.500. The number of benzene rings is 1. The van der Waals surface area contributed by atoms with E-state index in [4.69, 9.17) is 5.26 Å². The molecule has 0 bridgehead atoms. The minimum absolute atomic E-state index is 0.0626. The number of sulfonamides is 1. The molecule has 1 saturated carbocycles. The van der Waals surface area contributed by atoms with Gasteiger partial charge in [0, 0.05) is 11.3 Å². The van der Waals surface area contributed by atoms with Gasteiger partial charge in [-0.1, -0.05) is 0 Å². The van der Waals surface area contributed by atoms with Crippen LogP contribution in [0, 0.1) is 17.1 Å². The molecule has 0 amide bonds. The molecule has 1 aliphatic rings. The summed E-state index contributed by atoms with van der Waals surface area (Å²) in [5.41, 5.74) is -0.260. The second-order valence-corrected chi connectivity index (χ2v) is 7.94. The van der Waals surface area contributed by atoms with Crippen molar-refractivity contribution in [2.24, 2.45) is 0 Å². The van der Waals surface area contributed by atoms with Gasteiger partial charge in [0.2, 0.25) is 10.0 Å². The van der Waals surface area contributed by atoms with Crippen LogP contribution < -0.4 is 4.72 Å². The monoisotopic (exact) mass is 328 g/mol. The molecule has 0 atom stereocenters. The van der Waals surface area contributed by atoms with Crippen molar-refractivity contribution in [3.63, 3.8) is 0 Å². The third-order valence-corrected chi connectivity index (χ3v) is 6.35. The quantitative estimate of drug-likeness (QED) is 0.922. The van der Waals surface area contributed by atoms with Gasteiger partial charge in [0.25, 0.3) is 0 Å². The minimum Gasteiger partial charge on any atom is -0.208 e. The highest BCUT2D eigenvalue weighted by Gasteiger charge is 2.25. The van der Waals surface area contributed by atoms with Crippen molar-refractivity contribution in [2.75, 3.05) is 6.26 Å². The SMILES string of the molecule is CSC1CCC(NS(=O)(=O)c2ccc(F)c(C#N)c2)CC1. The third-order valence-electron chi connectivity index (χ3n) is 3.70. The highest BCUT2D eigenvalue weighted by atomic mass is 32.2. The van der Waals surface area contributed by atoms with Crippen molar-refractivity contribution >= 4 is 21.8 Å². The van der Waals surface area contributed by atoms with E-state index in [1.54, 1.807) is 6.07 Å². The Balaban J connectivity index is 2.11. The molecule has 1 fully saturated rings. The average Bonchev–Trinajstić information content (AvgIpc) is 2.48. The van der Waals surface area contributed by atoms with Crippen LogP contribution in [0.25, 0.3) is 0 Å². The van der Waals surface area contributed by atoms with Crippen molar-refractivity contribution in [2.45, 2.75) is 41.9 Å². The molecule has 2 rings (SSSR count). The number of halogens is 1. The number of nitrogens with zero attached hydrogens (tertiary/aromatic N) is 1.